The van der Waals surface area contributed by atoms with Crippen LogP contribution in [0.1, 0.15) is 31.1 Å². The number of carbonyl (C=O) groups excluding carboxylic acids is 2. The molecule has 2 aromatic rings. The third-order valence-electron chi connectivity index (χ3n) is 3.56. The van der Waals surface area contributed by atoms with Gasteiger partial charge in [-0.05, 0) is 51.1 Å². The summed E-state index contributed by atoms with van der Waals surface area (Å²) in [7, 11) is 0. The lowest BCUT2D eigenvalue weighted by Gasteiger charge is -2.15. The molecule has 0 spiro atoms. The largest absolute Gasteiger partial charge is 0.490 e. The molecule has 144 valence electrons. The van der Waals surface area contributed by atoms with E-state index in [4.69, 9.17) is 25.8 Å². The molecule has 0 saturated carbocycles. The van der Waals surface area contributed by atoms with Crippen LogP contribution in [0.5, 0.6) is 11.5 Å². The van der Waals surface area contributed by atoms with E-state index in [-0.39, 0.29) is 5.56 Å². The second-order valence-corrected chi connectivity index (χ2v) is 5.95. The minimum absolute atomic E-state index is 0.263. The molecular weight excluding hydrogens is 370 g/mol. The summed E-state index contributed by atoms with van der Waals surface area (Å²) in [6.45, 7) is 6.08. The molecule has 1 N–H and O–H groups in total. The van der Waals surface area contributed by atoms with Gasteiger partial charge in [0.25, 0.3) is 5.91 Å². The summed E-state index contributed by atoms with van der Waals surface area (Å²) < 4.78 is 16.2. The van der Waals surface area contributed by atoms with Gasteiger partial charge in [0.2, 0.25) is 0 Å². The van der Waals surface area contributed by atoms with Gasteiger partial charge in [-0.1, -0.05) is 23.7 Å². The van der Waals surface area contributed by atoms with Crippen LogP contribution < -0.4 is 14.8 Å². The van der Waals surface area contributed by atoms with Gasteiger partial charge in [0, 0.05) is 0 Å². The van der Waals surface area contributed by atoms with Crippen LogP contribution in [0.3, 0.4) is 0 Å². The zero-order valence-electron chi connectivity index (χ0n) is 15.5. The first kappa shape index (κ1) is 20.6. The van der Waals surface area contributed by atoms with Gasteiger partial charge in [-0.3, -0.25) is 4.79 Å². The van der Waals surface area contributed by atoms with E-state index in [0.29, 0.717) is 35.4 Å². The number of benzene rings is 2. The Morgan fingerprint density at radius 3 is 2.37 bits per heavy atom. The second-order valence-electron chi connectivity index (χ2n) is 5.54. The molecule has 1 amide bonds. The Morgan fingerprint density at radius 1 is 1.04 bits per heavy atom. The van der Waals surface area contributed by atoms with Crippen LogP contribution in [-0.4, -0.2) is 31.2 Å². The average molecular weight is 392 g/mol. The Labute approximate surface area is 163 Å². The first-order valence-corrected chi connectivity index (χ1v) is 9.00. The smallest absolute Gasteiger partial charge is 0.339 e. The number of halogens is 1. The van der Waals surface area contributed by atoms with Crippen molar-refractivity contribution in [2.75, 3.05) is 18.5 Å². The highest BCUT2D eigenvalue weighted by Gasteiger charge is 2.21. The summed E-state index contributed by atoms with van der Waals surface area (Å²) in [5.74, 6) is -0.129. The van der Waals surface area contributed by atoms with Gasteiger partial charge in [0.1, 0.15) is 0 Å². The minimum Gasteiger partial charge on any atom is -0.490 e. The molecule has 0 heterocycles. The standard InChI is InChI=1S/C20H22ClNO5/c1-4-25-17-11-10-14(12-18(17)26-5-2)20(24)27-13(3)19(23)22-16-9-7-6-8-15(16)21/h6-13H,4-5H2,1-3H3,(H,22,23). The maximum Gasteiger partial charge on any atom is 0.339 e. The van der Waals surface area contributed by atoms with Gasteiger partial charge in [0.05, 0.1) is 29.5 Å². The summed E-state index contributed by atoms with van der Waals surface area (Å²) in [4.78, 5) is 24.6. The third-order valence-corrected chi connectivity index (χ3v) is 3.89. The fraction of sp³-hybridized carbons (Fsp3) is 0.300. The van der Waals surface area contributed by atoms with Crippen LogP contribution in [0.4, 0.5) is 5.69 Å². The van der Waals surface area contributed by atoms with Gasteiger partial charge in [-0.2, -0.15) is 0 Å². The van der Waals surface area contributed by atoms with Crippen molar-refractivity contribution in [3.8, 4) is 11.5 Å². The highest BCUT2D eigenvalue weighted by Crippen LogP contribution is 2.29. The second kappa shape index (κ2) is 9.83. The number of esters is 1. The van der Waals surface area contributed by atoms with Crippen molar-refractivity contribution in [1.82, 2.24) is 0 Å². The van der Waals surface area contributed by atoms with Gasteiger partial charge in [0.15, 0.2) is 17.6 Å². The van der Waals surface area contributed by atoms with Crippen molar-refractivity contribution in [2.45, 2.75) is 26.9 Å². The van der Waals surface area contributed by atoms with E-state index in [0.717, 1.165) is 0 Å². The predicted octanol–water partition coefficient (Wildman–Crippen LogP) is 4.32. The highest BCUT2D eigenvalue weighted by molar-refractivity contribution is 6.33. The number of amides is 1. The highest BCUT2D eigenvalue weighted by atomic mass is 35.5. The molecule has 0 aliphatic rings. The molecule has 0 bridgehead atoms. The van der Waals surface area contributed by atoms with Gasteiger partial charge in [-0.15, -0.1) is 0 Å². The fourth-order valence-corrected chi connectivity index (χ4v) is 2.44. The molecule has 7 heteroatoms. The molecule has 0 radical (unpaired) electrons. The molecule has 0 saturated heterocycles. The zero-order chi connectivity index (χ0) is 19.8. The molecule has 0 aromatic heterocycles. The lowest BCUT2D eigenvalue weighted by molar-refractivity contribution is -0.123. The topological polar surface area (TPSA) is 73.9 Å². The maximum absolute atomic E-state index is 12.4. The van der Waals surface area contributed by atoms with Crippen LogP contribution >= 0.6 is 11.6 Å². The van der Waals surface area contributed by atoms with E-state index in [1.165, 1.54) is 13.0 Å². The lowest BCUT2D eigenvalue weighted by Crippen LogP contribution is -2.30. The number of rotatable bonds is 8. The van der Waals surface area contributed by atoms with E-state index < -0.39 is 18.0 Å². The number of hydrogen-bond donors (Lipinski definition) is 1. The third kappa shape index (κ3) is 5.62. The summed E-state index contributed by atoms with van der Waals surface area (Å²) >= 11 is 6.01. The minimum atomic E-state index is -1.00. The Bertz CT molecular complexity index is 809. The van der Waals surface area contributed by atoms with Crippen molar-refractivity contribution < 1.29 is 23.8 Å². The first-order chi connectivity index (χ1) is 13.0. The Kier molecular flexibility index (Phi) is 7.49. The number of nitrogens with one attached hydrogen (secondary N) is 1. The summed E-state index contributed by atoms with van der Waals surface area (Å²) in [6, 6.07) is 11.6. The van der Waals surface area contributed by atoms with E-state index in [2.05, 4.69) is 5.32 Å². The molecule has 0 fully saturated rings. The average Bonchev–Trinajstić information content (AvgIpc) is 2.65. The zero-order valence-corrected chi connectivity index (χ0v) is 16.2. The Balaban J connectivity index is 2.06. The van der Waals surface area contributed by atoms with Crippen LogP contribution in [0.25, 0.3) is 0 Å². The number of anilines is 1. The first-order valence-electron chi connectivity index (χ1n) is 8.62. The van der Waals surface area contributed by atoms with Crippen LogP contribution in [0, 0.1) is 0 Å². The molecular formula is C20H22ClNO5. The van der Waals surface area contributed by atoms with Crippen molar-refractivity contribution >= 4 is 29.2 Å². The van der Waals surface area contributed by atoms with E-state index in [9.17, 15) is 9.59 Å². The summed E-state index contributed by atoms with van der Waals surface area (Å²) in [5, 5.41) is 3.03. The molecule has 2 aromatic carbocycles. The van der Waals surface area contributed by atoms with E-state index in [1.54, 1.807) is 36.4 Å². The molecule has 1 atom stereocenters. The van der Waals surface area contributed by atoms with E-state index in [1.807, 2.05) is 13.8 Å². The van der Waals surface area contributed by atoms with Crippen LogP contribution in [-0.2, 0) is 9.53 Å². The van der Waals surface area contributed by atoms with Gasteiger partial charge >= 0.3 is 5.97 Å². The SMILES string of the molecule is CCOc1ccc(C(=O)OC(C)C(=O)Nc2ccccc2Cl)cc1OCC. The van der Waals surface area contributed by atoms with Crippen molar-refractivity contribution in [3.05, 3.63) is 53.1 Å². The van der Waals surface area contributed by atoms with Crippen molar-refractivity contribution in [3.63, 3.8) is 0 Å². The lowest BCUT2D eigenvalue weighted by atomic mass is 10.2. The maximum atomic E-state index is 12.4. The summed E-state index contributed by atoms with van der Waals surface area (Å²) in [5.41, 5.74) is 0.714. The monoisotopic (exact) mass is 391 g/mol. The predicted molar refractivity (Wildman–Crippen MR) is 104 cm³/mol. The van der Waals surface area contributed by atoms with E-state index >= 15 is 0 Å². The number of hydrogen-bond acceptors (Lipinski definition) is 5. The summed E-state index contributed by atoms with van der Waals surface area (Å²) in [6.07, 6.45) is -1.00. The molecule has 6 nitrogen and oxygen atoms in total. The number of ether oxygens (including phenoxy) is 3. The van der Waals surface area contributed by atoms with Crippen molar-refractivity contribution in [2.24, 2.45) is 0 Å². The number of para-hydroxylation sites is 1. The normalized spacial score (nSPS) is 11.4. The van der Waals surface area contributed by atoms with Crippen molar-refractivity contribution in [1.29, 1.82) is 0 Å². The Morgan fingerprint density at radius 2 is 1.70 bits per heavy atom. The molecule has 0 aliphatic heterocycles. The quantitative estimate of drug-likeness (QED) is 0.678. The Hall–Kier alpha value is -2.73. The van der Waals surface area contributed by atoms with Crippen LogP contribution in [0.15, 0.2) is 42.5 Å². The van der Waals surface area contributed by atoms with Crippen LogP contribution in [0.2, 0.25) is 5.02 Å². The molecule has 2 rings (SSSR count). The number of carbonyl (C=O) groups is 2. The van der Waals surface area contributed by atoms with Gasteiger partial charge < -0.3 is 19.5 Å². The molecule has 27 heavy (non-hydrogen) atoms. The molecule has 0 aliphatic carbocycles. The molecule has 1 unspecified atom stereocenters. The van der Waals surface area contributed by atoms with Gasteiger partial charge in [-0.25, -0.2) is 4.79 Å². The fourth-order valence-electron chi connectivity index (χ4n) is 2.26.